The van der Waals surface area contributed by atoms with Gasteiger partial charge in [-0.1, -0.05) is 18.2 Å². The maximum atomic E-state index is 12.2. The zero-order chi connectivity index (χ0) is 13.5. The first-order valence-corrected chi connectivity index (χ1v) is 6.76. The summed E-state index contributed by atoms with van der Waals surface area (Å²) in [5, 5.41) is 0. The monoisotopic (exact) mass is 263 g/mol. The van der Waals surface area contributed by atoms with Crippen LogP contribution in [0, 0.1) is 0 Å². The molecule has 1 aromatic rings. The van der Waals surface area contributed by atoms with Crippen LogP contribution < -0.4 is 0 Å². The molecule has 19 heavy (non-hydrogen) atoms. The normalized spacial score (nSPS) is 16.6. The van der Waals surface area contributed by atoms with Crippen LogP contribution in [0.25, 0.3) is 0 Å². The summed E-state index contributed by atoms with van der Waals surface area (Å²) in [5.41, 5.74) is 0.765. The molecule has 0 spiro atoms. The van der Waals surface area contributed by atoms with E-state index >= 15 is 0 Å². The topological polar surface area (TPSA) is 38.8 Å². The van der Waals surface area contributed by atoms with Gasteiger partial charge in [0.15, 0.2) is 0 Å². The number of ether oxygens (including phenoxy) is 2. The van der Waals surface area contributed by atoms with Crippen molar-refractivity contribution >= 4 is 5.91 Å². The summed E-state index contributed by atoms with van der Waals surface area (Å²) in [7, 11) is 1.67. The van der Waals surface area contributed by atoms with E-state index in [2.05, 4.69) is 0 Å². The van der Waals surface area contributed by atoms with Crippen molar-refractivity contribution in [3.63, 3.8) is 0 Å². The fraction of sp³-hybridized carbons (Fsp3) is 0.533. The largest absolute Gasteiger partial charge is 0.382 e. The number of carbonyl (C=O) groups excluding carboxylic acids is 1. The molecule has 0 saturated carbocycles. The standard InChI is InChI=1S/C15H21NO3/c1-18-11-12-19-14-7-9-16(10-8-14)15(17)13-5-3-2-4-6-13/h2-6,14H,7-12H2,1H3. The summed E-state index contributed by atoms with van der Waals surface area (Å²) in [5.74, 6) is 0.121. The zero-order valence-electron chi connectivity index (χ0n) is 11.4. The van der Waals surface area contributed by atoms with Crippen LogP contribution in [0.5, 0.6) is 0 Å². The Labute approximate surface area is 114 Å². The van der Waals surface area contributed by atoms with Crippen LogP contribution in [0.15, 0.2) is 30.3 Å². The van der Waals surface area contributed by atoms with Gasteiger partial charge in [-0.2, -0.15) is 0 Å². The lowest BCUT2D eigenvalue weighted by Gasteiger charge is -2.32. The molecule has 0 radical (unpaired) electrons. The molecule has 1 aliphatic heterocycles. The van der Waals surface area contributed by atoms with Gasteiger partial charge in [-0.25, -0.2) is 0 Å². The number of benzene rings is 1. The van der Waals surface area contributed by atoms with Gasteiger partial charge in [-0.05, 0) is 25.0 Å². The summed E-state index contributed by atoms with van der Waals surface area (Å²) >= 11 is 0. The van der Waals surface area contributed by atoms with Crippen LogP contribution in [0.3, 0.4) is 0 Å². The van der Waals surface area contributed by atoms with E-state index in [9.17, 15) is 4.79 Å². The number of nitrogens with zero attached hydrogens (tertiary/aromatic N) is 1. The number of likely N-dealkylation sites (tertiary alicyclic amines) is 1. The minimum Gasteiger partial charge on any atom is -0.382 e. The van der Waals surface area contributed by atoms with E-state index in [1.165, 1.54) is 0 Å². The Hall–Kier alpha value is -1.39. The predicted octanol–water partition coefficient (Wildman–Crippen LogP) is 1.95. The molecule has 1 amide bonds. The first-order valence-electron chi connectivity index (χ1n) is 6.76. The second kappa shape index (κ2) is 7.26. The van der Waals surface area contributed by atoms with Crippen molar-refractivity contribution in [1.82, 2.24) is 4.90 Å². The van der Waals surface area contributed by atoms with Gasteiger partial charge in [0, 0.05) is 25.8 Å². The zero-order valence-corrected chi connectivity index (χ0v) is 11.4. The smallest absolute Gasteiger partial charge is 0.253 e. The summed E-state index contributed by atoms with van der Waals surface area (Å²) in [6, 6.07) is 9.45. The van der Waals surface area contributed by atoms with E-state index in [0.29, 0.717) is 13.2 Å². The molecule has 1 heterocycles. The minimum absolute atomic E-state index is 0.121. The second-order valence-electron chi connectivity index (χ2n) is 4.72. The molecule has 1 fully saturated rings. The first kappa shape index (κ1) is 14.0. The molecule has 1 aromatic carbocycles. The van der Waals surface area contributed by atoms with Gasteiger partial charge in [0.2, 0.25) is 0 Å². The third kappa shape index (κ3) is 4.04. The average molecular weight is 263 g/mol. The third-order valence-electron chi connectivity index (χ3n) is 3.39. The summed E-state index contributed by atoms with van der Waals surface area (Å²) in [4.78, 5) is 14.1. The summed E-state index contributed by atoms with van der Waals surface area (Å²) in [6.45, 7) is 2.80. The van der Waals surface area contributed by atoms with Gasteiger partial charge in [0.25, 0.3) is 5.91 Å². The number of piperidine rings is 1. The molecule has 1 saturated heterocycles. The SMILES string of the molecule is COCCOC1CCN(C(=O)c2ccccc2)CC1. The predicted molar refractivity (Wildman–Crippen MR) is 73.2 cm³/mol. The van der Waals surface area contributed by atoms with E-state index in [1.807, 2.05) is 35.2 Å². The highest BCUT2D eigenvalue weighted by molar-refractivity contribution is 5.94. The minimum atomic E-state index is 0.121. The molecule has 104 valence electrons. The van der Waals surface area contributed by atoms with Gasteiger partial charge in [-0.3, -0.25) is 4.79 Å². The fourth-order valence-electron chi connectivity index (χ4n) is 2.29. The molecule has 0 atom stereocenters. The third-order valence-corrected chi connectivity index (χ3v) is 3.39. The van der Waals surface area contributed by atoms with Gasteiger partial charge in [-0.15, -0.1) is 0 Å². The molecule has 0 N–H and O–H groups in total. The maximum Gasteiger partial charge on any atom is 0.253 e. The fourth-order valence-corrected chi connectivity index (χ4v) is 2.29. The lowest BCUT2D eigenvalue weighted by molar-refractivity contribution is -0.0122. The Bertz CT molecular complexity index is 386. The average Bonchev–Trinajstić information content (AvgIpc) is 2.48. The number of methoxy groups -OCH3 is 1. The molecule has 4 nitrogen and oxygen atoms in total. The van der Waals surface area contributed by atoms with Crippen molar-refractivity contribution in [3.05, 3.63) is 35.9 Å². The highest BCUT2D eigenvalue weighted by Crippen LogP contribution is 2.16. The summed E-state index contributed by atoms with van der Waals surface area (Å²) < 4.78 is 10.7. The molecule has 1 aliphatic rings. The molecule has 0 aromatic heterocycles. The van der Waals surface area contributed by atoms with Crippen molar-refractivity contribution in [3.8, 4) is 0 Å². The van der Waals surface area contributed by atoms with Gasteiger partial charge < -0.3 is 14.4 Å². The molecule has 0 unspecified atom stereocenters. The van der Waals surface area contributed by atoms with Crippen molar-refractivity contribution < 1.29 is 14.3 Å². The first-order chi connectivity index (χ1) is 9.31. The number of carbonyl (C=O) groups is 1. The quantitative estimate of drug-likeness (QED) is 0.762. The Kier molecular flexibility index (Phi) is 5.36. The maximum absolute atomic E-state index is 12.2. The summed E-state index contributed by atoms with van der Waals surface area (Å²) in [6.07, 6.45) is 2.07. The lowest BCUT2D eigenvalue weighted by Crippen LogP contribution is -2.41. The van der Waals surface area contributed by atoms with Crippen LogP contribution >= 0.6 is 0 Å². The molecular formula is C15H21NO3. The number of amides is 1. The molecule has 0 aliphatic carbocycles. The van der Waals surface area contributed by atoms with Gasteiger partial charge in [0.05, 0.1) is 19.3 Å². The molecule has 4 heteroatoms. The van der Waals surface area contributed by atoms with E-state index in [0.717, 1.165) is 31.5 Å². The van der Waals surface area contributed by atoms with E-state index < -0.39 is 0 Å². The Balaban J connectivity index is 1.78. The Morgan fingerprint density at radius 3 is 2.53 bits per heavy atom. The highest BCUT2D eigenvalue weighted by atomic mass is 16.5. The van der Waals surface area contributed by atoms with Crippen molar-refractivity contribution in [1.29, 1.82) is 0 Å². The van der Waals surface area contributed by atoms with Crippen LogP contribution in [0.4, 0.5) is 0 Å². The molecular weight excluding hydrogens is 242 g/mol. The lowest BCUT2D eigenvalue weighted by atomic mass is 10.1. The van der Waals surface area contributed by atoms with E-state index in [-0.39, 0.29) is 12.0 Å². The van der Waals surface area contributed by atoms with Gasteiger partial charge >= 0.3 is 0 Å². The van der Waals surface area contributed by atoms with Crippen LogP contribution in [-0.4, -0.2) is 50.3 Å². The van der Waals surface area contributed by atoms with Crippen molar-refractivity contribution in [2.75, 3.05) is 33.4 Å². The second-order valence-corrected chi connectivity index (χ2v) is 4.72. The number of hydrogen-bond donors (Lipinski definition) is 0. The number of hydrogen-bond acceptors (Lipinski definition) is 3. The Morgan fingerprint density at radius 1 is 1.21 bits per heavy atom. The van der Waals surface area contributed by atoms with Crippen LogP contribution in [0.1, 0.15) is 23.2 Å². The molecule has 2 rings (SSSR count). The Morgan fingerprint density at radius 2 is 1.89 bits per heavy atom. The van der Waals surface area contributed by atoms with Crippen molar-refractivity contribution in [2.45, 2.75) is 18.9 Å². The highest BCUT2D eigenvalue weighted by Gasteiger charge is 2.23. The van der Waals surface area contributed by atoms with Gasteiger partial charge in [0.1, 0.15) is 0 Å². The molecule has 0 bridgehead atoms. The van der Waals surface area contributed by atoms with Crippen LogP contribution in [-0.2, 0) is 9.47 Å². The van der Waals surface area contributed by atoms with Crippen molar-refractivity contribution in [2.24, 2.45) is 0 Å². The van der Waals surface area contributed by atoms with Crippen LogP contribution in [0.2, 0.25) is 0 Å². The van der Waals surface area contributed by atoms with E-state index in [4.69, 9.17) is 9.47 Å². The number of rotatable bonds is 5. The van der Waals surface area contributed by atoms with E-state index in [1.54, 1.807) is 7.11 Å².